The highest BCUT2D eigenvalue weighted by molar-refractivity contribution is 6.38. The molecule has 0 saturated carbocycles. The van der Waals surface area contributed by atoms with Gasteiger partial charge in [0, 0.05) is 67.2 Å². The predicted octanol–water partition coefficient (Wildman–Crippen LogP) is 4.29. The van der Waals surface area contributed by atoms with Gasteiger partial charge in [-0.2, -0.15) is 0 Å². The third-order valence-corrected chi connectivity index (χ3v) is 6.64. The molecule has 1 saturated heterocycles. The number of amides is 1. The molecule has 7 nitrogen and oxygen atoms in total. The van der Waals surface area contributed by atoms with E-state index in [0.29, 0.717) is 28.6 Å². The summed E-state index contributed by atoms with van der Waals surface area (Å²) >= 11 is 0. The molecule has 8 heteroatoms. The Kier molecular flexibility index (Phi) is 6.66. The number of methoxy groups -OCH3 is 1. The number of H-pyrrole nitrogens is 1. The van der Waals surface area contributed by atoms with Crippen molar-refractivity contribution in [2.75, 3.05) is 44.0 Å². The summed E-state index contributed by atoms with van der Waals surface area (Å²) in [5, 5.41) is 6.62. The second-order valence-electron chi connectivity index (χ2n) is 9.14. The van der Waals surface area contributed by atoms with E-state index in [2.05, 4.69) is 25.5 Å². The molecular formula is C27H30FN5O2. The lowest BCUT2D eigenvalue weighted by molar-refractivity contribution is -0.110. The number of piperidine rings is 1. The van der Waals surface area contributed by atoms with E-state index in [1.54, 1.807) is 25.4 Å². The molecule has 0 atom stereocenters. The Hall–Kier alpha value is -3.49. The van der Waals surface area contributed by atoms with Gasteiger partial charge in [0.05, 0.1) is 12.2 Å². The van der Waals surface area contributed by atoms with Gasteiger partial charge in [0.2, 0.25) is 0 Å². The number of aromatic nitrogens is 2. The molecule has 0 radical (unpaired) electrons. The van der Waals surface area contributed by atoms with Crippen molar-refractivity contribution < 1.29 is 13.9 Å². The van der Waals surface area contributed by atoms with Crippen LogP contribution in [0.3, 0.4) is 0 Å². The number of likely N-dealkylation sites (tertiary alicyclic amines) is 1. The highest BCUT2D eigenvalue weighted by Crippen LogP contribution is 2.40. The van der Waals surface area contributed by atoms with E-state index in [4.69, 9.17) is 4.74 Å². The second-order valence-corrected chi connectivity index (χ2v) is 9.14. The standard InChI is InChI=1S/C27H30FN5O2/c1-17-16-29-26(30-17)24(18-4-3-5-19(28)14-18)25-22-15-21(6-7-23(22)32-27(25)34)31-20-8-10-33(11-9-20)12-13-35-2/h3-7,14-16,20,31H,8-13H2,1-2H3,(H,29,30)(H,32,34)/b25-24-. The molecule has 2 aliphatic rings. The molecule has 0 spiro atoms. The number of carbonyl (C=O) groups excluding carboxylic acids is 1. The van der Waals surface area contributed by atoms with Crippen LogP contribution >= 0.6 is 0 Å². The molecule has 3 heterocycles. The smallest absolute Gasteiger partial charge is 0.257 e. The number of rotatable bonds is 7. The number of aromatic amines is 1. The van der Waals surface area contributed by atoms with Crippen LogP contribution in [-0.2, 0) is 9.53 Å². The van der Waals surface area contributed by atoms with Gasteiger partial charge in [-0.05, 0) is 55.7 Å². The van der Waals surface area contributed by atoms with Crippen LogP contribution in [0.25, 0.3) is 11.1 Å². The first kappa shape index (κ1) is 23.3. The molecule has 2 aromatic carbocycles. The van der Waals surface area contributed by atoms with E-state index < -0.39 is 0 Å². The number of hydrogen-bond donors (Lipinski definition) is 3. The summed E-state index contributed by atoms with van der Waals surface area (Å²) in [7, 11) is 1.73. The zero-order valence-electron chi connectivity index (χ0n) is 20.0. The summed E-state index contributed by atoms with van der Waals surface area (Å²) < 4.78 is 19.4. The first-order valence-corrected chi connectivity index (χ1v) is 12.0. The number of aryl methyl sites for hydroxylation is 1. The van der Waals surface area contributed by atoms with Crippen LogP contribution in [0.4, 0.5) is 15.8 Å². The monoisotopic (exact) mass is 475 g/mol. The fraction of sp³-hybridized carbons (Fsp3) is 0.333. The van der Waals surface area contributed by atoms with Crippen molar-refractivity contribution >= 4 is 28.4 Å². The number of halogens is 1. The molecule has 3 aromatic rings. The Morgan fingerprint density at radius 2 is 2.06 bits per heavy atom. The van der Waals surface area contributed by atoms with Crippen molar-refractivity contribution in [3.8, 4) is 0 Å². The maximum absolute atomic E-state index is 14.2. The number of ether oxygens (including phenoxy) is 1. The molecule has 2 aliphatic heterocycles. The molecule has 1 amide bonds. The van der Waals surface area contributed by atoms with Crippen LogP contribution in [0.2, 0.25) is 0 Å². The number of nitrogens with zero attached hydrogens (tertiary/aromatic N) is 2. The topological polar surface area (TPSA) is 82.3 Å². The Balaban J connectivity index is 1.48. The minimum absolute atomic E-state index is 0.225. The van der Waals surface area contributed by atoms with Gasteiger partial charge < -0.3 is 25.3 Å². The van der Waals surface area contributed by atoms with E-state index in [1.165, 1.54) is 12.1 Å². The van der Waals surface area contributed by atoms with Crippen molar-refractivity contribution in [2.45, 2.75) is 25.8 Å². The van der Waals surface area contributed by atoms with E-state index in [0.717, 1.165) is 61.7 Å². The van der Waals surface area contributed by atoms with E-state index in [9.17, 15) is 9.18 Å². The van der Waals surface area contributed by atoms with Crippen molar-refractivity contribution in [3.63, 3.8) is 0 Å². The van der Waals surface area contributed by atoms with Gasteiger partial charge in [0.15, 0.2) is 0 Å². The number of hydrogen-bond acceptors (Lipinski definition) is 5. The predicted molar refractivity (Wildman–Crippen MR) is 136 cm³/mol. The average molecular weight is 476 g/mol. The van der Waals surface area contributed by atoms with Crippen molar-refractivity contribution in [2.24, 2.45) is 0 Å². The molecule has 1 fully saturated rings. The van der Waals surface area contributed by atoms with Gasteiger partial charge in [-0.15, -0.1) is 0 Å². The summed E-state index contributed by atoms with van der Waals surface area (Å²) in [6.07, 6.45) is 3.79. The minimum Gasteiger partial charge on any atom is -0.383 e. The first-order valence-electron chi connectivity index (χ1n) is 12.0. The lowest BCUT2D eigenvalue weighted by atomic mass is 9.94. The number of anilines is 2. The molecule has 0 bridgehead atoms. The normalized spacial score (nSPS) is 17.9. The Morgan fingerprint density at radius 3 is 2.77 bits per heavy atom. The zero-order valence-corrected chi connectivity index (χ0v) is 20.0. The number of carbonyl (C=O) groups is 1. The minimum atomic E-state index is -0.366. The molecule has 5 rings (SSSR count). The largest absolute Gasteiger partial charge is 0.383 e. The highest BCUT2D eigenvalue weighted by atomic mass is 19.1. The highest BCUT2D eigenvalue weighted by Gasteiger charge is 2.30. The Labute approximate surface area is 204 Å². The van der Waals surface area contributed by atoms with Crippen LogP contribution in [-0.4, -0.2) is 60.2 Å². The SMILES string of the molecule is COCCN1CCC(Nc2ccc3c(c2)/C(=C(\c2cccc(F)c2)c2ncc(C)[nH]2)C(=O)N3)CC1. The van der Waals surface area contributed by atoms with Crippen molar-refractivity contribution in [1.29, 1.82) is 0 Å². The summed E-state index contributed by atoms with van der Waals surface area (Å²) in [4.78, 5) is 23.3. The van der Waals surface area contributed by atoms with Crippen LogP contribution in [0.15, 0.2) is 48.7 Å². The third kappa shape index (κ3) is 4.99. The average Bonchev–Trinajstić information content (AvgIpc) is 3.42. The summed E-state index contributed by atoms with van der Waals surface area (Å²) in [5.41, 5.74) is 5.00. The van der Waals surface area contributed by atoms with Gasteiger partial charge >= 0.3 is 0 Å². The van der Waals surface area contributed by atoms with Gasteiger partial charge in [-0.25, -0.2) is 9.37 Å². The Morgan fingerprint density at radius 1 is 1.23 bits per heavy atom. The van der Waals surface area contributed by atoms with Crippen LogP contribution in [0.5, 0.6) is 0 Å². The molecule has 3 N–H and O–H groups in total. The lowest BCUT2D eigenvalue weighted by Gasteiger charge is -2.32. The van der Waals surface area contributed by atoms with Gasteiger partial charge in [-0.1, -0.05) is 12.1 Å². The summed E-state index contributed by atoms with van der Waals surface area (Å²) in [6.45, 7) is 5.66. The number of fused-ring (bicyclic) bond motifs is 1. The Bertz CT molecular complexity index is 1260. The summed E-state index contributed by atoms with van der Waals surface area (Å²) in [5.74, 6) is -0.0559. The number of nitrogens with one attached hydrogen (secondary N) is 3. The third-order valence-electron chi connectivity index (χ3n) is 6.64. The van der Waals surface area contributed by atoms with E-state index >= 15 is 0 Å². The molecular weight excluding hydrogens is 445 g/mol. The van der Waals surface area contributed by atoms with E-state index in [-0.39, 0.29) is 11.7 Å². The molecule has 0 unspecified atom stereocenters. The summed E-state index contributed by atoms with van der Waals surface area (Å²) in [6, 6.07) is 12.6. The van der Waals surface area contributed by atoms with Crippen LogP contribution < -0.4 is 10.6 Å². The number of imidazole rings is 1. The van der Waals surface area contributed by atoms with Crippen molar-refractivity contribution in [3.05, 3.63) is 77.1 Å². The van der Waals surface area contributed by atoms with Crippen LogP contribution in [0, 0.1) is 12.7 Å². The van der Waals surface area contributed by atoms with Gasteiger partial charge in [0.25, 0.3) is 5.91 Å². The first-order chi connectivity index (χ1) is 17.0. The molecule has 0 aliphatic carbocycles. The van der Waals surface area contributed by atoms with Gasteiger partial charge in [0.1, 0.15) is 11.6 Å². The lowest BCUT2D eigenvalue weighted by Crippen LogP contribution is -2.40. The maximum Gasteiger partial charge on any atom is 0.257 e. The maximum atomic E-state index is 14.2. The zero-order chi connectivity index (χ0) is 24.4. The van der Waals surface area contributed by atoms with E-state index in [1.807, 2.05) is 25.1 Å². The quantitative estimate of drug-likeness (QED) is 0.444. The molecule has 182 valence electrons. The van der Waals surface area contributed by atoms with Crippen LogP contribution in [0.1, 0.15) is 35.5 Å². The molecule has 35 heavy (non-hydrogen) atoms. The number of benzene rings is 2. The second kappa shape index (κ2) is 10.0. The van der Waals surface area contributed by atoms with Gasteiger partial charge in [-0.3, -0.25) is 4.79 Å². The molecule has 1 aromatic heterocycles. The fourth-order valence-electron chi connectivity index (χ4n) is 4.85. The van der Waals surface area contributed by atoms with Crippen molar-refractivity contribution in [1.82, 2.24) is 14.9 Å². The fourth-order valence-corrected chi connectivity index (χ4v) is 4.85.